The van der Waals surface area contributed by atoms with Crippen molar-refractivity contribution >= 4 is 11.3 Å². The summed E-state index contributed by atoms with van der Waals surface area (Å²) in [6, 6.07) is 12.2. The minimum Gasteiger partial charge on any atom is -0.494 e. The monoisotopic (exact) mass is 262 g/mol. The predicted molar refractivity (Wildman–Crippen MR) is 75.7 cm³/mol. The van der Waals surface area contributed by atoms with Crippen LogP contribution >= 0.6 is 11.3 Å². The molecule has 96 valence electrons. The molecule has 1 unspecified atom stereocenters. The van der Waals surface area contributed by atoms with Gasteiger partial charge in [-0.05, 0) is 35.6 Å². The fraction of sp³-hybridized carbons (Fsp3) is 0.286. The fourth-order valence-corrected chi connectivity index (χ4v) is 2.61. The van der Waals surface area contributed by atoms with Crippen molar-refractivity contribution < 1.29 is 4.74 Å². The number of benzene rings is 1. The summed E-state index contributed by atoms with van der Waals surface area (Å²) in [5.74, 6) is 6.56. The molecule has 0 radical (unpaired) electrons. The number of hydrogen-bond donors (Lipinski definition) is 2. The van der Waals surface area contributed by atoms with Gasteiger partial charge in [-0.15, -0.1) is 11.3 Å². The standard InChI is InChI=1S/C14H18N2OS/c1-2-8-17-12-6-3-5-11(10-12)14(16-15)13-7-4-9-18-13/h3-7,9-10,14,16H,2,8,15H2,1H3. The highest BCUT2D eigenvalue weighted by Crippen LogP contribution is 2.27. The molecule has 1 aromatic heterocycles. The largest absolute Gasteiger partial charge is 0.494 e. The number of ether oxygens (including phenoxy) is 1. The van der Waals surface area contributed by atoms with E-state index >= 15 is 0 Å². The molecule has 0 saturated carbocycles. The molecule has 2 rings (SSSR count). The quantitative estimate of drug-likeness (QED) is 0.621. The molecule has 0 spiro atoms. The SMILES string of the molecule is CCCOc1cccc(C(NN)c2cccs2)c1. The molecule has 18 heavy (non-hydrogen) atoms. The Morgan fingerprint density at radius 1 is 1.33 bits per heavy atom. The number of rotatable bonds is 6. The molecule has 0 aliphatic rings. The van der Waals surface area contributed by atoms with E-state index < -0.39 is 0 Å². The van der Waals surface area contributed by atoms with Crippen molar-refractivity contribution in [3.63, 3.8) is 0 Å². The van der Waals surface area contributed by atoms with Crippen molar-refractivity contribution in [2.75, 3.05) is 6.61 Å². The van der Waals surface area contributed by atoms with E-state index in [1.807, 2.05) is 24.3 Å². The third-order valence-corrected chi connectivity index (χ3v) is 3.60. The summed E-state index contributed by atoms with van der Waals surface area (Å²) >= 11 is 1.69. The van der Waals surface area contributed by atoms with Gasteiger partial charge in [0.05, 0.1) is 12.6 Å². The van der Waals surface area contributed by atoms with Crippen molar-refractivity contribution in [3.05, 3.63) is 52.2 Å². The Morgan fingerprint density at radius 2 is 2.22 bits per heavy atom. The molecule has 3 N–H and O–H groups in total. The Kier molecular flexibility index (Phi) is 4.75. The third kappa shape index (κ3) is 3.10. The van der Waals surface area contributed by atoms with E-state index in [9.17, 15) is 0 Å². The Labute approximate surface area is 112 Å². The van der Waals surface area contributed by atoms with Crippen LogP contribution in [0.1, 0.15) is 29.8 Å². The van der Waals surface area contributed by atoms with Gasteiger partial charge in [0.1, 0.15) is 5.75 Å². The molecular formula is C14H18N2OS. The maximum atomic E-state index is 5.66. The lowest BCUT2D eigenvalue weighted by atomic mass is 10.1. The molecule has 0 saturated heterocycles. The van der Waals surface area contributed by atoms with E-state index in [4.69, 9.17) is 10.6 Å². The van der Waals surface area contributed by atoms with E-state index in [0.717, 1.165) is 24.3 Å². The molecule has 0 aliphatic heterocycles. The molecule has 0 fully saturated rings. The van der Waals surface area contributed by atoms with E-state index in [1.54, 1.807) is 11.3 Å². The first-order valence-corrected chi connectivity index (χ1v) is 6.95. The number of hydrazine groups is 1. The lowest BCUT2D eigenvalue weighted by molar-refractivity contribution is 0.317. The van der Waals surface area contributed by atoms with Gasteiger partial charge in [-0.1, -0.05) is 25.1 Å². The topological polar surface area (TPSA) is 47.3 Å². The Bertz CT molecular complexity index is 470. The lowest BCUT2D eigenvalue weighted by Gasteiger charge is -2.16. The first kappa shape index (κ1) is 13.1. The first-order valence-electron chi connectivity index (χ1n) is 6.07. The number of nitrogens with two attached hydrogens (primary N) is 1. The summed E-state index contributed by atoms with van der Waals surface area (Å²) < 4.78 is 5.64. The van der Waals surface area contributed by atoms with E-state index in [2.05, 4.69) is 29.9 Å². The van der Waals surface area contributed by atoms with Crippen LogP contribution < -0.4 is 16.0 Å². The van der Waals surface area contributed by atoms with Crippen molar-refractivity contribution in [2.45, 2.75) is 19.4 Å². The van der Waals surface area contributed by atoms with Crippen molar-refractivity contribution in [1.29, 1.82) is 0 Å². The van der Waals surface area contributed by atoms with Gasteiger partial charge in [0, 0.05) is 4.88 Å². The minimum atomic E-state index is 0.0233. The number of nitrogens with one attached hydrogen (secondary N) is 1. The zero-order valence-electron chi connectivity index (χ0n) is 10.4. The fourth-order valence-electron chi connectivity index (χ4n) is 1.80. The molecule has 1 atom stereocenters. The zero-order valence-corrected chi connectivity index (χ0v) is 11.2. The van der Waals surface area contributed by atoms with Crippen molar-refractivity contribution in [2.24, 2.45) is 5.84 Å². The molecule has 4 heteroatoms. The Balaban J connectivity index is 2.20. The molecule has 2 aromatic rings. The summed E-state index contributed by atoms with van der Waals surface area (Å²) in [6.45, 7) is 2.84. The normalized spacial score (nSPS) is 12.3. The molecule has 1 aromatic carbocycles. The number of thiophene rings is 1. The first-order chi connectivity index (χ1) is 8.85. The highest BCUT2D eigenvalue weighted by atomic mass is 32.1. The van der Waals surface area contributed by atoms with E-state index in [0.29, 0.717) is 0 Å². The predicted octanol–water partition coefficient (Wildman–Crippen LogP) is 3.09. The average molecular weight is 262 g/mol. The van der Waals surface area contributed by atoms with Gasteiger partial charge in [-0.2, -0.15) is 0 Å². The second-order valence-electron chi connectivity index (χ2n) is 4.04. The van der Waals surface area contributed by atoms with Gasteiger partial charge in [0.2, 0.25) is 0 Å². The van der Waals surface area contributed by atoms with Crippen LogP contribution in [0, 0.1) is 0 Å². The Hall–Kier alpha value is -1.36. The second kappa shape index (κ2) is 6.54. The smallest absolute Gasteiger partial charge is 0.119 e. The summed E-state index contributed by atoms with van der Waals surface area (Å²) in [5, 5.41) is 2.05. The molecular weight excluding hydrogens is 244 g/mol. The minimum absolute atomic E-state index is 0.0233. The second-order valence-corrected chi connectivity index (χ2v) is 5.02. The van der Waals surface area contributed by atoms with Crippen LogP contribution in [0.25, 0.3) is 0 Å². The van der Waals surface area contributed by atoms with Crippen LogP contribution in [0.15, 0.2) is 41.8 Å². The van der Waals surface area contributed by atoms with Crippen LogP contribution in [-0.2, 0) is 0 Å². The summed E-state index contributed by atoms with van der Waals surface area (Å²) in [7, 11) is 0. The van der Waals surface area contributed by atoms with Gasteiger partial charge in [0.15, 0.2) is 0 Å². The molecule has 1 heterocycles. The van der Waals surface area contributed by atoms with E-state index in [-0.39, 0.29) is 6.04 Å². The molecule has 0 bridgehead atoms. The summed E-state index contributed by atoms with van der Waals surface area (Å²) in [4.78, 5) is 1.20. The number of hydrogen-bond acceptors (Lipinski definition) is 4. The van der Waals surface area contributed by atoms with Crippen LogP contribution in [0.4, 0.5) is 0 Å². The highest BCUT2D eigenvalue weighted by molar-refractivity contribution is 7.10. The molecule has 0 amide bonds. The Morgan fingerprint density at radius 3 is 2.89 bits per heavy atom. The molecule has 0 aliphatic carbocycles. The molecule has 3 nitrogen and oxygen atoms in total. The van der Waals surface area contributed by atoms with Crippen molar-refractivity contribution in [1.82, 2.24) is 5.43 Å². The van der Waals surface area contributed by atoms with Crippen LogP contribution in [0.5, 0.6) is 5.75 Å². The maximum absolute atomic E-state index is 5.66. The summed E-state index contributed by atoms with van der Waals surface area (Å²) in [5.41, 5.74) is 3.98. The van der Waals surface area contributed by atoms with E-state index in [1.165, 1.54) is 4.88 Å². The average Bonchev–Trinajstić information content (AvgIpc) is 2.92. The van der Waals surface area contributed by atoms with Crippen LogP contribution in [-0.4, -0.2) is 6.61 Å². The van der Waals surface area contributed by atoms with Gasteiger partial charge in [-0.3, -0.25) is 5.84 Å². The lowest BCUT2D eigenvalue weighted by Crippen LogP contribution is -2.28. The zero-order chi connectivity index (χ0) is 12.8. The highest BCUT2D eigenvalue weighted by Gasteiger charge is 2.13. The van der Waals surface area contributed by atoms with Gasteiger partial charge in [-0.25, -0.2) is 5.43 Å². The van der Waals surface area contributed by atoms with Crippen molar-refractivity contribution in [3.8, 4) is 5.75 Å². The van der Waals surface area contributed by atoms with Gasteiger partial charge >= 0.3 is 0 Å². The third-order valence-electron chi connectivity index (χ3n) is 2.66. The maximum Gasteiger partial charge on any atom is 0.119 e. The van der Waals surface area contributed by atoms with Gasteiger partial charge < -0.3 is 4.74 Å². The summed E-state index contributed by atoms with van der Waals surface area (Å²) in [6.07, 6.45) is 1.01. The van der Waals surface area contributed by atoms with Gasteiger partial charge in [0.25, 0.3) is 0 Å². The van der Waals surface area contributed by atoms with Crippen LogP contribution in [0.2, 0.25) is 0 Å². The van der Waals surface area contributed by atoms with Crippen LogP contribution in [0.3, 0.4) is 0 Å².